The molecular weight excluding hydrogens is 709 g/mol. The number of alkyl halides is 1. The first-order chi connectivity index (χ1) is 20.3. The van der Waals surface area contributed by atoms with Crippen molar-refractivity contribution in [1.29, 1.82) is 0 Å². The summed E-state index contributed by atoms with van der Waals surface area (Å²) in [6.45, 7) is 6.20. The summed E-state index contributed by atoms with van der Waals surface area (Å²) in [5.74, 6) is -0.517. The lowest BCUT2D eigenvalue weighted by molar-refractivity contribution is 0.0589. The number of methoxy groups -OCH3 is 1. The standard InChI is InChI=1S/C29H35ClIN5O6S/c1-8-23(41-16-18-14-19(15-31)36(5)32-18)26-24(17(2)35(4)33-26)25-22(30)12-11-21-20(10-9-13-42-43(7,38)39)28(29(37)40-6)34(3)27(21)25/h8,11-12,14,23H,1,9-10,13,15-16H2,2-7H3. The third-order valence-corrected chi connectivity index (χ3v) is 9.02. The van der Waals surface area contributed by atoms with Gasteiger partial charge in [-0.05, 0) is 37.5 Å². The number of hydrogen-bond donors (Lipinski definition) is 0. The third-order valence-electron chi connectivity index (χ3n) is 7.33. The highest BCUT2D eigenvalue weighted by molar-refractivity contribution is 14.1. The summed E-state index contributed by atoms with van der Waals surface area (Å²) in [6.07, 6.45) is 2.86. The van der Waals surface area contributed by atoms with E-state index in [1.165, 1.54) is 7.11 Å². The zero-order valence-corrected chi connectivity index (χ0v) is 28.7. The number of fused-ring (bicyclic) bond motifs is 1. The van der Waals surface area contributed by atoms with Gasteiger partial charge in [-0.15, -0.1) is 6.58 Å². The van der Waals surface area contributed by atoms with Crippen molar-refractivity contribution in [3.05, 3.63) is 69.9 Å². The van der Waals surface area contributed by atoms with E-state index in [1.807, 2.05) is 37.8 Å². The number of benzene rings is 1. The molecule has 4 aromatic rings. The largest absolute Gasteiger partial charge is 0.464 e. The second-order valence-corrected chi connectivity index (χ2v) is 13.0. The molecule has 0 N–H and O–H groups in total. The Kier molecular flexibility index (Phi) is 10.4. The Morgan fingerprint density at radius 1 is 1.19 bits per heavy atom. The molecular formula is C29H35ClIN5O6S. The molecule has 4 rings (SSSR count). The highest BCUT2D eigenvalue weighted by Gasteiger charge is 2.29. The van der Waals surface area contributed by atoms with Crippen LogP contribution in [0.5, 0.6) is 0 Å². The number of rotatable bonds is 13. The van der Waals surface area contributed by atoms with Crippen LogP contribution in [0.3, 0.4) is 0 Å². The fraction of sp³-hybridized carbons (Fsp3) is 0.414. The van der Waals surface area contributed by atoms with Crippen LogP contribution in [0.25, 0.3) is 22.0 Å². The van der Waals surface area contributed by atoms with Gasteiger partial charge in [0, 0.05) is 53.5 Å². The normalized spacial score (nSPS) is 12.7. The van der Waals surface area contributed by atoms with Crippen molar-refractivity contribution >= 4 is 61.2 Å². The zero-order chi connectivity index (χ0) is 31.6. The molecule has 1 unspecified atom stereocenters. The average Bonchev–Trinajstić information content (AvgIpc) is 3.56. The predicted molar refractivity (Wildman–Crippen MR) is 174 cm³/mol. The molecule has 0 bridgehead atoms. The Morgan fingerprint density at radius 2 is 1.91 bits per heavy atom. The van der Waals surface area contributed by atoms with Crippen molar-refractivity contribution in [2.24, 2.45) is 21.1 Å². The maximum Gasteiger partial charge on any atom is 0.354 e. The van der Waals surface area contributed by atoms with Crippen molar-refractivity contribution in [2.45, 2.75) is 36.9 Å². The van der Waals surface area contributed by atoms with Crippen LogP contribution >= 0.6 is 34.2 Å². The molecule has 14 heteroatoms. The highest BCUT2D eigenvalue weighted by Crippen LogP contribution is 2.43. The van der Waals surface area contributed by atoms with Crippen LogP contribution in [-0.4, -0.2) is 58.5 Å². The van der Waals surface area contributed by atoms with Crippen molar-refractivity contribution in [2.75, 3.05) is 20.0 Å². The molecule has 0 saturated heterocycles. The first-order valence-electron chi connectivity index (χ1n) is 13.4. The number of aryl methyl sites for hydroxylation is 4. The van der Waals surface area contributed by atoms with Gasteiger partial charge < -0.3 is 14.0 Å². The van der Waals surface area contributed by atoms with Crippen LogP contribution in [0, 0.1) is 6.92 Å². The van der Waals surface area contributed by atoms with Gasteiger partial charge in [-0.3, -0.25) is 13.5 Å². The van der Waals surface area contributed by atoms with Gasteiger partial charge in [-0.1, -0.05) is 46.3 Å². The van der Waals surface area contributed by atoms with Crippen molar-refractivity contribution in [3.63, 3.8) is 0 Å². The molecule has 1 atom stereocenters. The summed E-state index contributed by atoms with van der Waals surface area (Å²) in [5, 5.41) is 10.6. The molecule has 0 aliphatic carbocycles. The fourth-order valence-corrected chi connectivity index (χ4v) is 6.63. The number of aromatic nitrogens is 5. The SMILES string of the molecule is C=CC(OCc1cc(CI)n(C)n1)c1nn(C)c(C)c1-c1c(Cl)ccc2c(CCCOS(C)(=O)=O)c(C(=O)OC)n(C)c12. The second-order valence-electron chi connectivity index (χ2n) is 10.1. The topological polar surface area (TPSA) is 119 Å². The number of carbonyl (C=O) groups is 1. The van der Waals surface area contributed by atoms with Gasteiger partial charge in [0.2, 0.25) is 0 Å². The Balaban J connectivity index is 1.84. The van der Waals surface area contributed by atoms with Gasteiger partial charge in [-0.2, -0.15) is 18.6 Å². The quantitative estimate of drug-likeness (QED) is 0.0450. The molecule has 3 aromatic heterocycles. The number of halogens is 2. The Hall–Kier alpha value is -2.72. The average molecular weight is 744 g/mol. The van der Waals surface area contributed by atoms with Gasteiger partial charge >= 0.3 is 5.97 Å². The van der Waals surface area contributed by atoms with E-state index < -0.39 is 22.2 Å². The monoisotopic (exact) mass is 743 g/mol. The lowest BCUT2D eigenvalue weighted by atomic mass is 9.96. The molecule has 0 radical (unpaired) electrons. The van der Waals surface area contributed by atoms with E-state index in [9.17, 15) is 13.2 Å². The highest BCUT2D eigenvalue weighted by atomic mass is 127. The minimum Gasteiger partial charge on any atom is -0.464 e. The van der Waals surface area contributed by atoms with E-state index in [2.05, 4.69) is 34.3 Å². The number of carbonyl (C=O) groups excluding carboxylic acids is 1. The van der Waals surface area contributed by atoms with Gasteiger partial charge in [0.1, 0.15) is 17.5 Å². The van der Waals surface area contributed by atoms with Crippen LogP contribution in [0.15, 0.2) is 30.9 Å². The predicted octanol–water partition coefficient (Wildman–Crippen LogP) is 5.35. The van der Waals surface area contributed by atoms with Crippen molar-refractivity contribution < 1.29 is 26.9 Å². The molecule has 1 aromatic carbocycles. The van der Waals surface area contributed by atoms with E-state index in [4.69, 9.17) is 30.4 Å². The third kappa shape index (κ3) is 6.85. The summed E-state index contributed by atoms with van der Waals surface area (Å²) >= 11 is 9.24. The summed E-state index contributed by atoms with van der Waals surface area (Å²) < 4.78 is 45.5. The van der Waals surface area contributed by atoms with Crippen LogP contribution in [-0.2, 0) is 62.4 Å². The molecule has 3 heterocycles. The smallest absolute Gasteiger partial charge is 0.354 e. The van der Waals surface area contributed by atoms with Gasteiger partial charge in [0.15, 0.2) is 0 Å². The number of ether oxygens (including phenoxy) is 2. The Morgan fingerprint density at radius 3 is 2.51 bits per heavy atom. The summed E-state index contributed by atoms with van der Waals surface area (Å²) in [6, 6.07) is 5.66. The first kappa shape index (κ1) is 33.2. The minimum absolute atomic E-state index is 0.0178. The minimum atomic E-state index is -3.59. The van der Waals surface area contributed by atoms with E-state index >= 15 is 0 Å². The van der Waals surface area contributed by atoms with Gasteiger partial charge in [0.05, 0.1) is 42.8 Å². The van der Waals surface area contributed by atoms with E-state index in [0.717, 1.165) is 38.7 Å². The molecule has 0 aliphatic heterocycles. The molecule has 0 aliphatic rings. The summed E-state index contributed by atoms with van der Waals surface area (Å²) in [5.41, 5.74) is 6.57. The second kappa shape index (κ2) is 13.5. The summed E-state index contributed by atoms with van der Waals surface area (Å²) in [7, 11) is 3.27. The van der Waals surface area contributed by atoms with E-state index in [-0.39, 0.29) is 13.2 Å². The van der Waals surface area contributed by atoms with Crippen LogP contribution in [0.4, 0.5) is 0 Å². The summed E-state index contributed by atoms with van der Waals surface area (Å²) in [4.78, 5) is 13.0. The molecule has 0 saturated carbocycles. The van der Waals surface area contributed by atoms with Crippen LogP contribution in [0.1, 0.15) is 51.4 Å². The van der Waals surface area contributed by atoms with Crippen LogP contribution < -0.4 is 0 Å². The zero-order valence-electron chi connectivity index (χ0n) is 25.0. The maximum absolute atomic E-state index is 13.0. The maximum atomic E-state index is 13.0. The van der Waals surface area contributed by atoms with E-state index in [0.29, 0.717) is 45.9 Å². The number of nitrogens with zero attached hydrogens (tertiary/aromatic N) is 5. The Labute approximate surface area is 270 Å². The number of hydrogen-bond acceptors (Lipinski definition) is 8. The molecule has 0 amide bonds. The lowest BCUT2D eigenvalue weighted by Crippen LogP contribution is -2.11. The first-order valence-corrected chi connectivity index (χ1v) is 17.1. The van der Waals surface area contributed by atoms with Crippen LogP contribution in [0.2, 0.25) is 5.02 Å². The van der Waals surface area contributed by atoms with E-state index in [1.54, 1.807) is 28.4 Å². The van der Waals surface area contributed by atoms with Crippen molar-refractivity contribution in [1.82, 2.24) is 24.1 Å². The number of esters is 1. The molecule has 43 heavy (non-hydrogen) atoms. The lowest BCUT2D eigenvalue weighted by Gasteiger charge is -2.16. The van der Waals surface area contributed by atoms with Gasteiger partial charge in [0.25, 0.3) is 10.1 Å². The molecule has 0 spiro atoms. The molecule has 11 nitrogen and oxygen atoms in total. The molecule has 232 valence electrons. The molecule has 0 fully saturated rings. The Bertz CT molecular complexity index is 1790. The van der Waals surface area contributed by atoms with Gasteiger partial charge in [-0.25, -0.2) is 4.79 Å². The fourth-order valence-electron chi connectivity index (χ4n) is 5.25. The van der Waals surface area contributed by atoms with Crippen molar-refractivity contribution in [3.8, 4) is 11.1 Å².